The zero-order chi connectivity index (χ0) is 21.9. The highest BCUT2D eigenvalue weighted by Crippen LogP contribution is 2.29. The first-order chi connectivity index (χ1) is 14.8. The average Bonchev–Trinajstić information content (AvgIpc) is 3.11. The summed E-state index contributed by atoms with van der Waals surface area (Å²) >= 11 is 0. The second-order valence-electron chi connectivity index (χ2n) is 8.75. The fourth-order valence-electron chi connectivity index (χ4n) is 4.38. The molecule has 0 bridgehead atoms. The normalized spacial score (nSPS) is 20.1. The maximum atomic E-state index is 15.2. The molecule has 2 atom stereocenters. The van der Waals surface area contributed by atoms with E-state index in [2.05, 4.69) is 51.0 Å². The van der Waals surface area contributed by atoms with Crippen molar-refractivity contribution in [3.8, 4) is 11.3 Å². The lowest BCUT2D eigenvalue weighted by atomic mass is 10.1. The van der Waals surface area contributed by atoms with Gasteiger partial charge in [-0.1, -0.05) is 0 Å². The number of aromatic nitrogens is 5. The average molecular weight is 420 g/mol. The van der Waals surface area contributed by atoms with Crippen LogP contribution in [-0.2, 0) is 0 Å². The van der Waals surface area contributed by atoms with E-state index in [9.17, 15) is 0 Å². The van der Waals surface area contributed by atoms with Gasteiger partial charge in [-0.25, -0.2) is 13.9 Å². The standard InChI is InChI=1S/C23H26FN7/c1-13-6-20(28-31-10-14(2)25-23(13)31)17-7-19(24)18-9-22(27-26-21(18)8-17)30-12-15(3)29(5)11-16(30)4/h6-10,15-16H,11-12H2,1-5H3/t15-,16-/m0/s1. The Morgan fingerprint density at radius 1 is 1.00 bits per heavy atom. The Kier molecular flexibility index (Phi) is 4.62. The highest BCUT2D eigenvalue weighted by atomic mass is 19.1. The first kappa shape index (κ1) is 19.8. The van der Waals surface area contributed by atoms with E-state index in [1.807, 2.05) is 38.2 Å². The van der Waals surface area contributed by atoms with Crippen LogP contribution in [0.25, 0.3) is 27.8 Å². The molecule has 31 heavy (non-hydrogen) atoms. The summed E-state index contributed by atoms with van der Waals surface area (Å²) in [6.45, 7) is 10.0. The lowest BCUT2D eigenvalue weighted by molar-refractivity contribution is 0.205. The predicted octanol–water partition coefficient (Wildman–Crippen LogP) is 3.62. The van der Waals surface area contributed by atoms with Gasteiger partial charge in [-0.15, -0.1) is 10.2 Å². The second-order valence-corrected chi connectivity index (χ2v) is 8.75. The largest absolute Gasteiger partial charge is 0.350 e. The molecular weight excluding hydrogens is 393 g/mol. The van der Waals surface area contributed by atoms with Crippen molar-refractivity contribution in [3.05, 3.63) is 47.5 Å². The van der Waals surface area contributed by atoms with Crippen LogP contribution in [0, 0.1) is 19.7 Å². The number of fused-ring (bicyclic) bond motifs is 2. The van der Waals surface area contributed by atoms with E-state index < -0.39 is 0 Å². The van der Waals surface area contributed by atoms with Crippen molar-refractivity contribution in [2.45, 2.75) is 39.8 Å². The molecule has 1 aromatic carbocycles. The Morgan fingerprint density at radius 2 is 1.81 bits per heavy atom. The number of hydrogen-bond donors (Lipinski definition) is 0. The molecule has 7 nitrogen and oxygen atoms in total. The summed E-state index contributed by atoms with van der Waals surface area (Å²) in [4.78, 5) is 9.02. The maximum absolute atomic E-state index is 15.2. The molecule has 0 unspecified atom stereocenters. The molecule has 0 amide bonds. The summed E-state index contributed by atoms with van der Waals surface area (Å²) in [7, 11) is 2.13. The van der Waals surface area contributed by atoms with Crippen LogP contribution in [0.2, 0.25) is 0 Å². The molecule has 0 aliphatic carbocycles. The number of rotatable bonds is 2. The summed E-state index contributed by atoms with van der Waals surface area (Å²) in [5.74, 6) is 0.399. The van der Waals surface area contributed by atoms with Crippen molar-refractivity contribution in [2.24, 2.45) is 0 Å². The van der Waals surface area contributed by atoms with Crippen LogP contribution in [-0.4, -0.2) is 61.9 Å². The lowest BCUT2D eigenvalue weighted by Gasteiger charge is -2.42. The van der Waals surface area contributed by atoms with Crippen molar-refractivity contribution >= 4 is 22.4 Å². The summed E-state index contributed by atoms with van der Waals surface area (Å²) in [5.41, 5.74) is 4.56. The highest BCUT2D eigenvalue weighted by molar-refractivity contribution is 5.85. The number of imidazole rings is 1. The summed E-state index contributed by atoms with van der Waals surface area (Å²) in [6.07, 6.45) is 1.87. The van der Waals surface area contributed by atoms with Gasteiger partial charge in [0.2, 0.25) is 0 Å². The van der Waals surface area contributed by atoms with Crippen LogP contribution in [0.1, 0.15) is 25.1 Å². The van der Waals surface area contributed by atoms with Crippen molar-refractivity contribution in [2.75, 3.05) is 25.0 Å². The van der Waals surface area contributed by atoms with E-state index in [1.165, 1.54) is 6.07 Å². The van der Waals surface area contributed by atoms with Crippen molar-refractivity contribution in [3.63, 3.8) is 0 Å². The lowest BCUT2D eigenvalue weighted by Crippen LogP contribution is -2.55. The van der Waals surface area contributed by atoms with Gasteiger partial charge in [-0.05, 0) is 64.6 Å². The molecule has 5 rings (SSSR count). The van der Waals surface area contributed by atoms with E-state index in [0.29, 0.717) is 28.2 Å². The Bertz CT molecular complexity index is 1300. The summed E-state index contributed by atoms with van der Waals surface area (Å²) < 4.78 is 16.9. The van der Waals surface area contributed by atoms with Gasteiger partial charge in [-0.2, -0.15) is 5.10 Å². The first-order valence-electron chi connectivity index (χ1n) is 10.6. The quantitative estimate of drug-likeness (QED) is 0.495. The van der Waals surface area contributed by atoms with Gasteiger partial charge in [0, 0.05) is 36.1 Å². The van der Waals surface area contributed by atoms with Gasteiger partial charge in [0.25, 0.3) is 0 Å². The van der Waals surface area contributed by atoms with Gasteiger partial charge in [0.1, 0.15) is 5.82 Å². The van der Waals surface area contributed by atoms with Gasteiger partial charge in [0.05, 0.1) is 23.1 Å². The monoisotopic (exact) mass is 419 g/mol. The molecule has 1 aliphatic rings. The molecular formula is C23H26FN7. The van der Waals surface area contributed by atoms with E-state index in [0.717, 1.165) is 35.8 Å². The minimum Gasteiger partial charge on any atom is -0.350 e. The molecule has 160 valence electrons. The van der Waals surface area contributed by atoms with Crippen LogP contribution in [0.4, 0.5) is 10.2 Å². The molecule has 4 heterocycles. The first-order valence-corrected chi connectivity index (χ1v) is 10.6. The second kappa shape index (κ2) is 7.23. The van der Waals surface area contributed by atoms with Crippen LogP contribution < -0.4 is 4.90 Å². The fourth-order valence-corrected chi connectivity index (χ4v) is 4.38. The highest BCUT2D eigenvalue weighted by Gasteiger charge is 2.28. The van der Waals surface area contributed by atoms with Gasteiger partial charge in [0.15, 0.2) is 11.5 Å². The van der Waals surface area contributed by atoms with Gasteiger partial charge < -0.3 is 4.90 Å². The molecule has 0 radical (unpaired) electrons. The number of anilines is 1. The zero-order valence-corrected chi connectivity index (χ0v) is 18.5. The molecule has 8 heteroatoms. The Labute approximate surface area is 180 Å². The van der Waals surface area contributed by atoms with Crippen molar-refractivity contribution in [1.82, 2.24) is 29.7 Å². The van der Waals surface area contributed by atoms with Crippen molar-refractivity contribution < 1.29 is 4.39 Å². The smallest absolute Gasteiger partial charge is 0.156 e. The van der Waals surface area contributed by atoms with E-state index >= 15 is 4.39 Å². The Balaban J connectivity index is 1.56. The molecule has 0 spiro atoms. The van der Waals surface area contributed by atoms with E-state index in [4.69, 9.17) is 0 Å². The molecule has 1 saturated heterocycles. The number of piperazine rings is 1. The van der Waals surface area contributed by atoms with Crippen molar-refractivity contribution in [1.29, 1.82) is 0 Å². The number of aryl methyl sites for hydroxylation is 2. The summed E-state index contributed by atoms with van der Waals surface area (Å²) in [6, 6.07) is 7.81. The third-order valence-electron chi connectivity index (χ3n) is 6.26. The number of halogens is 1. The number of likely N-dealkylation sites (N-methyl/N-ethyl adjacent to an activating group) is 1. The number of nitrogens with zero attached hydrogens (tertiary/aromatic N) is 7. The number of hydrogen-bond acceptors (Lipinski definition) is 6. The van der Waals surface area contributed by atoms with Crippen LogP contribution >= 0.6 is 0 Å². The summed E-state index contributed by atoms with van der Waals surface area (Å²) in [5, 5.41) is 13.9. The van der Waals surface area contributed by atoms with E-state index in [-0.39, 0.29) is 11.9 Å². The van der Waals surface area contributed by atoms with Crippen LogP contribution in [0.15, 0.2) is 30.5 Å². The Morgan fingerprint density at radius 3 is 2.61 bits per heavy atom. The van der Waals surface area contributed by atoms with E-state index in [1.54, 1.807) is 4.52 Å². The van der Waals surface area contributed by atoms with Crippen LogP contribution in [0.5, 0.6) is 0 Å². The van der Waals surface area contributed by atoms with Gasteiger partial charge >= 0.3 is 0 Å². The predicted molar refractivity (Wildman–Crippen MR) is 120 cm³/mol. The molecule has 3 aromatic heterocycles. The number of benzene rings is 1. The topological polar surface area (TPSA) is 62.5 Å². The molecule has 0 N–H and O–H groups in total. The minimum atomic E-state index is -0.320. The molecule has 1 fully saturated rings. The molecule has 1 aliphatic heterocycles. The maximum Gasteiger partial charge on any atom is 0.156 e. The molecule has 0 saturated carbocycles. The zero-order valence-electron chi connectivity index (χ0n) is 18.5. The Hall–Kier alpha value is -3.13. The molecule has 4 aromatic rings. The third-order valence-corrected chi connectivity index (χ3v) is 6.26. The minimum absolute atomic E-state index is 0.285. The third kappa shape index (κ3) is 3.40. The fraction of sp³-hybridized carbons (Fsp3) is 0.391. The van der Waals surface area contributed by atoms with Gasteiger partial charge in [-0.3, -0.25) is 4.90 Å². The van der Waals surface area contributed by atoms with Crippen LogP contribution in [0.3, 0.4) is 0 Å². The SMILES string of the molecule is Cc1cn2nc(-c3cc(F)c4cc(N5C[C@H](C)N(C)C[C@@H]5C)nnc4c3)cc(C)c2n1.